The van der Waals surface area contributed by atoms with E-state index in [1.165, 1.54) is 5.56 Å². The van der Waals surface area contributed by atoms with Gasteiger partial charge in [0.15, 0.2) is 0 Å². The van der Waals surface area contributed by atoms with Crippen LogP contribution in [-0.2, 0) is 16.6 Å². The Kier molecular flexibility index (Phi) is 5.96. The molecule has 2 saturated heterocycles. The van der Waals surface area contributed by atoms with Gasteiger partial charge in [-0.05, 0) is 29.4 Å². The van der Waals surface area contributed by atoms with E-state index in [1.807, 2.05) is 11.8 Å². The highest BCUT2D eigenvalue weighted by Crippen LogP contribution is 2.33. The summed E-state index contributed by atoms with van der Waals surface area (Å²) >= 11 is 1.94. The number of carbonyl (C=O) groups excluding carboxylic acids is 2. The summed E-state index contributed by atoms with van der Waals surface area (Å²) < 4.78 is 0. The maximum Gasteiger partial charge on any atom is 0.315 e. The highest BCUT2D eigenvalue weighted by Gasteiger charge is 2.42. The van der Waals surface area contributed by atoms with Gasteiger partial charge in [0.2, 0.25) is 0 Å². The van der Waals surface area contributed by atoms with E-state index in [4.69, 9.17) is 0 Å². The normalized spacial score (nSPS) is 24.9. The van der Waals surface area contributed by atoms with E-state index >= 15 is 0 Å². The summed E-state index contributed by atoms with van der Waals surface area (Å²) in [5.74, 6) is 1.32. The standard InChI is InChI=1S/C21H30N2O2S/c1-21(2,3)15-10-8-14(9-11-15)12-16(24)6-4-5-7-18-19-17(13-26-18)22-20(25)23-19/h8-11,17-19H,4-7,12-13H2,1-3H3,(H2,22,23,25). The second-order valence-electron chi connectivity index (χ2n) is 8.53. The van der Waals surface area contributed by atoms with Crippen molar-refractivity contribution >= 4 is 23.6 Å². The number of urea groups is 1. The van der Waals surface area contributed by atoms with E-state index in [9.17, 15) is 9.59 Å². The van der Waals surface area contributed by atoms with Gasteiger partial charge in [-0.3, -0.25) is 4.79 Å². The zero-order valence-electron chi connectivity index (χ0n) is 16.0. The van der Waals surface area contributed by atoms with Crippen LogP contribution < -0.4 is 10.6 Å². The Morgan fingerprint density at radius 1 is 1.15 bits per heavy atom. The van der Waals surface area contributed by atoms with Gasteiger partial charge in [0, 0.05) is 23.8 Å². The number of nitrogens with one attached hydrogen (secondary N) is 2. The van der Waals surface area contributed by atoms with E-state index in [1.54, 1.807) is 0 Å². The second kappa shape index (κ2) is 8.03. The van der Waals surface area contributed by atoms with Crippen molar-refractivity contribution in [1.29, 1.82) is 0 Å². The third-order valence-electron chi connectivity index (χ3n) is 5.35. The van der Waals surface area contributed by atoms with Crippen LogP contribution in [0.25, 0.3) is 0 Å². The van der Waals surface area contributed by atoms with E-state index < -0.39 is 0 Å². The first-order valence-corrected chi connectivity index (χ1v) is 10.7. The maximum absolute atomic E-state index is 12.2. The summed E-state index contributed by atoms with van der Waals surface area (Å²) in [5, 5.41) is 6.48. The summed E-state index contributed by atoms with van der Waals surface area (Å²) in [4.78, 5) is 23.6. The number of thioether (sulfide) groups is 1. The van der Waals surface area contributed by atoms with Gasteiger partial charge in [-0.15, -0.1) is 0 Å². The zero-order chi connectivity index (χ0) is 18.7. The Labute approximate surface area is 160 Å². The zero-order valence-corrected chi connectivity index (χ0v) is 16.8. The van der Waals surface area contributed by atoms with Gasteiger partial charge < -0.3 is 10.6 Å². The van der Waals surface area contributed by atoms with E-state index in [2.05, 4.69) is 55.7 Å². The first kappa shape index (κ1) is 19.3. The maximum atomic E-state index is 12.2. The molecule has 0 radical (unpaired) electrons. The van der Waals surface area contributed by atoms with Crippen LogP contribution in [0.3, 0.4) is 0 Å². The number of fused-ring (bicyclic) bond motifs is 1. The van der Waals surface area contributed by atoms with Crippen LogP contribution in [0.4, 0.5) is 4.79 Å². The SMILES string of the molecule is CC(C)(C)c1ccc(CC(=O)CCCCC2SCC3NC(=O)NC32)cc1. The topological polar surface area (TPSA) is 58.2 Å². The van der Waals surface area contributed by atoms with Crippen LogP contribution in [0.2, 0.25) is 0 Å². The fraction of sp³-hybridized carbons (Fsp3) is 0.619. The summed E-state index contributed by atoms with van der Waals surface area (Å²) in [6.45, 7) is 6.60. The molecule has 4 nitrogen and oxygen atoms in total. The Morgan fingerprint density at radius 3 is 2.58 bits per heavy atom. The molecule has 0 saturated carbocycles. The average molecular weight is 375 g/mol. The monoisotopic (exact) mass is 374 g/mol. The summed E-state index contributed by atoms with van der Waals surface area (Å²) in [6, 6.07) is 8.98. The van der Waals surface area contributed by atoms with E-state index in [-0.39, 0.29) is 23.5 Å². The lowest BCUT2D eigenvalue weighted by Gasteiger charge is -2.19. The number of Topliss-reactive ketones (excluding diaryl/α,β-unsaturated/α-hetero) is 1. The number of benzene rings is 1. The van der Waals surface area contributed by atoms with Gasteiger partial charge in [-0.2, -0.15) is 11.8 Å². The lowest BCUT2D eigenvalue weighted by molar-refractivity contribution is -0.118. The number of ketones is 1. The number of hydrogen-bond acceptors (Lipinski definition) is 3. The van der Waals surface area contributed by atoms with Crippen LogP contribution in [0.1, 0.15) is 57.6 Å². The lowest BCUT2D eigenvalue weighted by atomic mass is 9.86. The Balaban J connectivity index is 1.36. The van der Waals surface area contributed by atoms with E-state index in [0.717, 1.165) is 30.6 Å². The van der Waals surface area contributed by atoms with Gasteiger partial charge in [0.1, 0.15) is 5.78 Å². The number of rotatable bonds is 7. The lowest BCUT2D eigenvalue weighted by Crippen LogP contribution is -2.36. The molecule has 2 amide bonds. The first-order valence-electron chi connectivity index (χ1n) is 9.63. The van der Waals surface area contributed by atoms with Crippen molar-refractivity contribution in [3.8, 4) is 0 Å². The van der Waals surface area contributed by atoms with Crippen molar-refractivity contribution in [3.05, 3.63) is 35.4 Å². The molecule has 0 aliphatic carbocycles. The second-order valence-corrected chi connectivity index (χ2v) is 9.80. The summed E-state index contributed by atoms with van der Waals surface area (Å²) in [7, 11) is 0. The smallest absolute Gasteiger partial charge is 0.315 e. The molecule has 1 aromatic rings. The minimum atomic E-state index is -0.0297. The average Bonchev–Trinajstić information content (AvgIpc) is 3.11. The van der Waals surface area contributed by atoms with Crippen LogP contribution in [0.15, 0.2) is 24.3 Å². The molecule has 2 N–H and O–H groups in total. The van der Waals surface area contributed by atoms with Gasteiger partial charge >= 0.3 is 6.03 Å². The predicted molar refractivity (Wildman–Crippen MR) is 108 cm³/mol. The number of unbranched alkanes of at least 4 members (excludes halogenated alkanes) is 1. The molecule has 3 rings (SSSR count). The Bertz CT molecular complexity index is 651. The van der Waals surface area contributed by atoms with Crippen molar-refractivity contribution in [3.63, 3.8) is 0 Å². The fourth-order valence-corrected chi connectivity index (χ4v) is 5.29. The number of carbonyl (C=O) groups is 2. The van der Waals surface area contributed by atoms with Crippen molar-refractivity contribution in [1.82, 2.24) is 10.6 Å². The van der Waals surface area contributed by atoms with Gasteiger partial charge in [-0.1, -0.05) is 51.5 Å². The van der Waals surface area contributed by atoms with Crippen molar-refractivity contribution < 1.29 is 9.59 Å². The number of amides is 2. The third-order valence-corrected chi connectivity index (χ3v) is 6.86. The van der Waals surface area contributed by atoms with Crippen LogP contribution in [-0.4, -0.2) is 34.9 Å². The van der Waals surface area contributed by atoms with Gasteiger partial charge in [-0.25, -0.2) is 4.79 Å². The molecule has 0 aromatic heterocycles. The first-order chi connectivity index (χ1) is 12.3. The van der Waals surface area contributed by atoms with Crippen molar-refractivity contribution in [2.75, 3.05) is 5.75 Å². The molecular weight excluding hydrogens is 344 g/mol. The molecule has 3 atom stereocenters. The van der Waals surface area contributed by atoms with Crippen LogP contribution in [0.5, 0.6) is 0 Å². The third kappa shape index (κ3) is 4.81. The van der Waals surface area contributed by atoms with E-state index in [0.29, 0.717) is 23.9 Å². The molecular formula is C21H30N2O2S. The summed E-state index contributed by atoms with van der Waals surface area (Å²) in [5.41, 5.74) is 2.56. The molecule has 2 aliphatic heterocycles. The molecule has 3 unspecified atom stereocenters. The van der Waals surface area contributed by atoms with Crippen LogP contribution >= 0.6 is 11.8 Å². The molecule has 2 fully saturated rings. The molecule has 1 aromatic carbocycles. The van der Waals surface area contributed by atoms with Crippen LogP contribution in [0, 0.1) is 0 Å². The molecule has 26 heavy (non-hydrogen) atoms. The molecule has 5 heteroatoms. The van der Waals surface area contributed by atoms with Crippen molar-refractivity contribution in [2.45, 2.75) is 75.6 Å². The highest BCUT2D eigenvalue weighted by atomic mass is 32.2. The predicted octanol–water partition coefficient (Wildman–Crippen LogP) is 3.82. The fourth-order valence-electron chi connectivity index (χ4n) is 3.75. The number of hydrogen-bond donors (Lipinski definition) is 2. The molecule has 0 spiro atoms. The molecule has 142 valence electrons. The minimum absolute atomic E-state index is 0.0297. The molecule has 2 aliphatic rings. The Hall–Kier alpha value is -1.49. The quantitative estimate of drug-likeness (QED) is 0.563. The highest BCUT2D eigenvalue weighted by molar-refractivity contribution is 8.00. The molecule has 0 bridgehead atoms. The largest absolute Gasteiger partial charge is 0.332 e. The summed E-state index contributed by atoms with van der Waals surface area (Å²) in [6.07, 6.45) is 4.24. The van der Waals surface area contributed by atoms with Crippen molar-refractivity contribution in [2.24, 2.45) is 0 Å². The van der Waals surface area contributed by atoms with Gasteiger partial charge in [0.25, 0.3) is 0 Å². The molecule has 2 heterocycles. The van der Waals surface area contributed by atoms with Gasteiger partial charge in [0.05, 0.1) is 12.1 Å². The Morgan fingerprint density at radius 2 is 1.88 bits per heavy atom. The minimum Gasteiger partial charge on any atom is -0.332 e.